The van der Waals surface area contributed by atoms with Crippen molar-refractivity contribution in [3.05, 3.63) is 35.4 Å². The molecule has 1 aromatic carbocycles. The van der Waals surface area contributed by atoms with E-state index in [1.54, 1.807) is 0 Å². The lowest BCUT2D eigenvalue weighted by atomic mass is 9.99. The van der Waals surface area contributed by atoms with Crippen LogP contribution >= 0.6 is 0 Å². The first-order chi connectivity index (χ1) is 11.6. The molecule has 2 fully saturated rings. The second-order valence-corrected chi connectivity index (χ2v) is 6.74. The maximum atomic E-state index is 13.9. The van der Waals surface area contributed by atoms with Crippen LogP contribution in [0, 0.1) is 11.6 Å². The fourth-order valence-electron chi connectivity index (χ4n) is 3.68. The average Bonchev–Trinajstić information content (AvgIpc) is 2.59. The van der Waals surface area contributed by atoms with E-state index in [1.807, 2.05) is 0 Å². The van der Waals surface area contributed by atoms with Crippen LogP contribution in [0.3, 0.4) is 0 Å². The van der Waals surface area contributed by atoms with Crippen LogP contribution in [0.2, 0.25) is 0 Å². The molecule has 0 amide bonds. The van der Waals surface area contributed by atoms with Gasteiger partial charge in [-0.2, -0.15) is 0 Å². The number of aliphatic hydroxyl groups is 1. The molecule has 24 heavy (non-hydrogen) atoms. The summed E-state index contributed by atoms with van der Waals surface area (Å²) in [5.41, 5.74) is 0.0469. The van der Waals surface area contributed by atoms with E-state index in [4.69, 9.17) is 4.74 Å². The van der Waals surface area contributed by atoms with E-state index in [9.17, 15) is 13.9 Å². The number of ether oxygens (including phenoxy) is 1. The van der Waals surface area contributed by atoms with E-state index in [0.29, 0.717) is 12.6 Å². The Morgan fingerprint density at radius 3 is 2.75 bits per heavy atom. The predicted octanol–water partition coefficient (Wildman–Crippen LogP) is 2.18. The van der Waals surface area contributed by atoms with Crippen molar-refractivity contribution in [1.29, 1.82) is 0 Å². The average molecular weight is 340 g/mol. The highest BCUT2D eigenvalue weighted by molar-refractivity contribution is 5.21. The molecule has 2 aliphatic rings. The first kappa shape index (κ1) is 17.7. The molecule has 0 bridgehead atoms. The summed E-state index contributed by atoms with van der Waals surface area (Å²) < 4.78 is 32.6. The highest BCUT2D eigenvalue weighted by Crippen LogP contribution is 2.24. The van der Waals surface area contributed by atoms with Gasteiger partial charge in [0.1, 0.15) is 11.6 Å². The van der Waals surface area contributed by atoms with Crippen LogP contribution in [-0.4, -0.2) is 66.9 Å². The minimum Gasteiger partial charge on any atom is -0.387 e. The highest BCUT2D eigenvalue weighted by atomic mass is 19.1. The van der Waals surface area contributed by atoms with Gasteiger partial charge in [-0.15, -0.1) is 0 Å². The normalized spacial score (nSPS) is 24.9. The van der Waals surface area contributed by atoms with Gasteiger partial charge in [0.15, 0.2) is 0 Å². The molecule has 0 saturated carbocycles. The van der Waals surface area contributed by atoms with Gasteiger partial charge < -0.3 is 9.84 Å². The minimum absolute atomic E-state index is 0.0469. The van der Waals surface area contributed by atoms with Gasteiger partial charge in [-0.05, 0) is 37.6 Å². The van der Waals surface area contributed by atoms with Crippen molar-refractivity contribution in [2.75, 3.05) is 45.9 Å². The van der Waals surface area contributed by atoms with E-state index in [-0.39, 0.29) is 5.56 Å². The summed E-state index contributed by atoms with van der Waals surface area (Å²) in [5.74, 6) is -1.07. The number of halogens is 2. The Balaban J connectivity index is 1.63. The van der Waals surface area contributed by atoms with E-state index < -0.39 is 17.7 Å². The molecule has 2 saturated heterocycles. The number of rotatable bonds is 5. The van der Waals surface area contributed by atoms with E-state index in [1.165, 1.54) is 6.42 Å². The van der Waals surface area contributed by atoms with Crippen LogP contribution in [0.4, 0.5) is 8.78 Å². The molecule has 2 unspecified atom stereocenters. The van der Waals surface area contributed by atoms with Crippen LogP contribution < -0.4 is 0 Å². The lowest BCUT2D eigenvalue weighted by Crippen LogP contribution is -2.50. The van der Waals surface area contributed by atoms with E-state index >= 15 is 0 Å². The van der Waals surface area contributed by atoms with Crippen molar-refractivity contribution < 1.29 is 18.6 Å². The van der Waals surface area contributed by atoms with Gasteiger partial charge in [0.25, 0.3) is 0 Å². The summed E-state index contributed by atoms with van der Waals surface area (Å²) in [6, 6.07) is 3.60. The molecule has 0 aromatic heterocycles. The fraction of sp³-hybridized carbons (Fsp3) is 0.667. The Morgan fingerprint density at radius 1 is 1.17 bits per heavy atom. The van der Waals surface area contributed by atoms with Crippen molar-refractivity contribution in [3.63, 3.8) is 0 Å². The number of likely N-dealkylation sites (tertiary alicyclic amines) is 1. The van der Waals surface area contributed by atoms with Crippen molar-refractivity contribution in [1.82, 2.24) is 9.80 Å². The molecular weight excluding hydrogens is 314 g/mol. The van der Waals surface area contributed by atoms with Crippen LogP contribution in [0.5, 0.6) is 0 Å². The van der Waals surface area contributed by atoms with Gasteiger partial charge >= 0.3 is 0 Å². The zero-order valence-electron chi connectivity index (χ0n) is 14.0. The second kappa shape index (κ2) is 8.34. The third kappa shape index (κ3) is 4.51. The first-order valence-electron chi connectivity index (χ1n) is 8.80. The Hall–Kier alpha value is -1.08. The SMILES string of the molecule is OC(CN1CCCCC1CN1CCOCC1)c1cc(F)ccc1F. The van der Waals surface area contributed by atoms with Gasteiger partial charge in [0.05, 0.1) is 19.3 Å². The molecule has 0 spiro atoms. The molecular formula is C18H26F2N2O2. The summed E-state index contributed by atoms with van der Waals surface area (Å²) in [5, 5.41) is 10.4. The molecule has 2 aliphatic heterocycles. The maximum Gasteiger partial charge on any atom is 0.129 e. The first-order valence-corrected chi connectivity index (χ1v) is 8.80. The number of piperidine rings is 1. The smallest absolute Gasteiger partial charge is 0.129 e. The Bertz CT molecular complexity index is 538. The number of hydrogen-bond acceptors (Lipinski definition) is 4. The van der Waals surface area contributed by atoms with E-state index in [0.717, 1.165) is 70.4 Å². The molecule has 0 aliphatic carbocycles. The number of nitrogens with zero attached hydrogens (tertiary/aromatic N) is 2. The Morgan fingerprint density at radius 2 is 1.96 bits per heavy atom. The number of β-amino-alcohol motifs (C(OH)–C–C–N with tert-alkyl or cyclic N) is 1. The summed E-state index contributed by atoms with van der Waals surface area (Å²) >= 11 is 0. The molecule has 2 atom stereocenters. The maximum absolute atomic E-state index is 13.9. The monoisotopic (exact) mass is 340 g/mol. The second-order valence-electron chi connectivity index (χ2n) is 6.74. The van der Waals surface area contributed by atoms with Gasteiger partial charge in [-0.3, -0.25) is 9.80 Å². The molecule has 4 nitrogen and oxygen atoms in total. The highest BCUT2D eigenvalue weighted by Gasteiger charge is 2.28. The van der Waals surface area contributed by atoms with Crippen LogP contribution in [0.1, 0.15) is 30.9 Å². The topological polar surface area (TPSA) is 35.9 Å². The predicted molar refractivity (Wildman–Crippen MR) is 87.8 cm³/mol. The third-order valence-electron chi connectivity index (χ3n) is 5.05. The van der Waals surface area contributed by atoms with Crippen molar-refractivity contribution in [2.45, 2.75) is 31.4 Å². The molecule has 1 N–H and O–H groups in total. The van der Waals surface area contributed by atoms with Crippen molar-refractivity contribution >= 4 is 0 Å². The number of hydrogen-bond donors (Lipinski definition) is 1. The number of benzene rings is 1. The Labute approximate surface area is 142 Å². The summed E-state index contributed by atoms with van der Waals surface area (Å²) in [6.07, 6.45) is 2.33. The lowest BCUT2D eigenvalue weighted by Gasteiger charge is -2.40. The number of morpholine rings is 1. The van der Waals surface area contributed by atoms with Gasteiger partial charge in [-0.1, -0.05) is 6.42 Å². The minimum atomic E-state index is -1.01. The number of aliphatic hydroxyl groups excluding tert-OH is 1. The molecule has 2 heterocycles. The molecule has 6 heteroatoms. The summed E-state index contributed by atoms with van der Waals surface area (Å²) in [6.45, 7) is 5.59. The van der Waals surface area contributed by atoms with Crippen LogP contribution in [0.25, 0.3) is 0 Å². The van der Waals surface area contributed by atoms with Gasteiger partial charge in [0, 0.05) is 37.8 Å². The molecule has 1 aromatic rings. The van der Waals surface area contributed by atoms with E-state index in [2.05, 4.69) is 9.80 Å². The standard InChI is InChI=1S/C18H26F2N2O2/c19-14-4-5-17(20)16(11-14)18(23)13-22-6-2-1-3-15(22)12-21-7-9-24-10-8-21/h4-5,11,15,18,23H,1-3,6-10,12-13H2. The summed E-state index contributed by atoms with van der Waals surface area (Å²) in [7, 11) is 0. The quantitative estimate of drug-likeness (QED) is 0.891. The molecule has 134 valence electrons. The fourth-order valence-corrected chi connectivity index (χ4v) is 3.68. The van der Waals surface area contributed by atoms with Gasteiger partial charge in [-0.25, -0.2) is 8.78 Å². The van der Waals surface area contributed by atoms with Crippen molar-refractivity contribution in [2.24, 2.45) is 0 Å². The van der Waals surface area contributed by atoms with Crippen LogP contribution in [-0.2, 0) is 4.74 Å². The van der Waals surface area contributed by atoms with Crippen LogP contribution in [0.15, 0.2) is 18.2 Å². The Kier molecular flexibility index (Phi) is 6.16. The zero-order chi connectivity index (χ0) is 16.9. The molecule has 3 rings (SSSR count). The zero-order valence-corrected chi connectivity index (χ0v) is 14.0. The third-order valence-corrected chi connectivity index (χ3v) is 5.05. The largest absolute Gasteiger partial charge is 0.387 e. The lowest BCUT2D eigenvalue weighted by molar-refractivity contribution is 0.00636. The molecule has 0 radical (unpaired) electrons. The summed E-state index contributed by atoms with van der Waals surface area (Å²) in [4.78, 5) is 4.62. The van der Waals surface area contributed by atoms with Crippen molar-refractivity contribution in [3.8, 4) is 0 Å². The van der Waals surface area contributed by atoms with Gasteiger partial charge in [0.2, 0.25) is 0 Å².